The molecule has 1 spiro atoms. The van der Waals surface area contributed by atoms with Crippen LogP contribution >= 0.6 is 0 Å². The second-order valence-electron chi connectivity index (χ2n) is 5.92. The van der Waals surface area contributed by atoms with Crippen molar-refractivity contribution in [3.63, 3.8) is 0 Å². The number of rotatable bonds is 1. The Morgan fingerprint density at radius 2 is 1.88 bits per heavy atom. The van der Waals surface area contributed by atoms with Crippen LogP contribution in [0.3, 0.4) is 0 Å². The van der Waals surface area contributed by atoms with E-state index in [1.165, 1.54) is 31.2 Å². The maximum atomic E-state index is 13.4. The lowest BCUT2D eigenvalue weighted by atomic mass is 9.56. The maximum Gasteiger partial charge on any atom is 0.123 e. The van der Waals surface area contributed by atoms with Gasteiger partial charge in [0.05, 0.1) is 0 Å². The third-order valence-electron chi connectivity index (χ3n) is 4.56. The monoisotopic (exact) mass is 233 g/mol. The molecule has 1 saturated heterocycles. The Morgan fingerprint density at radius 1 is 1.18 bits per heavy atom. The predicted molar refractivity (Wildman–Crippen MR) is 67.6 cm³/mol. The Balaban J connectivity index is 1.71. The molecule has 0 amide bonds. The van der Waals surface area contributed by atoms with E-state index in [-0.39, 0.29) is 5.82 Å². The summed E-state index contributed by atoms with van der Waals surface area (Å²) in [5.41, 5.74) is 2.84. The molecule has 1 nitrogen and oxygen atoms in total. The van der Waals surface area contributed by atoms with Gasteiger partial charge >= 0.3 is 0 Å². The summed E-state index contributed by atoms with van der Waals surface area (Å²) in [6.07, 6.45) is 5.13. The third kappa shape index (κ3) is 2.11. The molecule has 2 fully saturated rings. The van der Waals surface area contributed by atoms with Crippen LogP contribution in [0, 0.1) is 18.2 Å². The van der Waals surface area contributed by atoms with Crippen molar-refractivity contribution in [3.8, 4) is 0 Å². The molecule has 0 atom stereocenters. The van der Waals surface area contributed by atoms with E-state index in [4.69, 9.17) is 0 Å². The quantitative estimate of drug-likeness (QED) is 0.784. The predicted octanol–water partition coefficient (Wildman–Crippen LogP) is 3.38. The average molecular weight is 233 g/mol. The van der Waals surface area contributed by atoms with Crippen LogP contribution in [-0.2, 0) is 0 Å². The van der Waals surface area contributed by atoms with E-state index in [0.29, 0.717) is 11.3 Å². The fourth-order valence-electron chi connectivity index (χ4n) is 3.59. The van der Waals surface area contributed by atoms with Gasteiger partial charge in [-0.2, -0.15) is 0 Å². The molecule has 0 radical (unpaired) electrons. The lowest BCUT2D eigenvalue weighted by Crippen LogP contribution is -2.44. The summed E-state index contributed by atoms with van der Waals surface area (Å²) in [5.74, 6) is 0.522. The highest BCUT2D eigenvalue weighted by atomic mass is 19.1. The van der Waals surface area contributed by atoms with E-state index in [1.54, 1.807) is 12.1 Å². The molecular formula is C15H20FN. The van der Waals surface area contributed by atoms with E-state index < -0.39 is 0 Å². The second-order valence-corrected chi connectivity index (χ2v) is 5.92. The Morgan fingerprint density at radius 3 is 2.53 bits per heavy atom. The van der Waals surface area contributed by atoms with Crippen molar-refractivity contribution >= 4 is 0 Å². The normalized spacial score (nSPS) is 23.6. The van der Waals surface area contributed by atoms with Gasteiger partial charge in [-0.1, -0.05) is 6.07 Å². The summed E-state index contributed by atoms with van der Waals surface area (Å²) in [7, 11) is 0. The lowest BCUT2D eigenvalue weighted by molar-refractivity contribution is 0.0602. The molecule has 17 heavy (non-hydrogen) atoms. The van der Waals surface area contributed by atoms with Crippen LogP contribution in [0.5, 0.6) is 0 Å². The standard InChI is InChI=1S/C15H20FN/c1-11-6-12(8-14(16)7-11)13-9-15(10-13)2-4-17-5-3-15/h6-8,13,17H,2-5,9-10H2,1H3. The molecule has 1 aliphatic carbocycles. The maximum absolute atomic E-state index is 13.4. The van der Waals surface area contributed by atoms with Gasteiger partial charge < -0.3 is 5.32 Å². The average Bonchev–Trinajstić information content (AvgIpc) is 2.25. The van der Waals surface area contributed by atoms with E-state index >= 15 is 0 Å². The van der Waals surface area contributed by atoms with Gasteiger partial charge in [-0.15, -0.1) is 0 Å². The number of hydrogen-bond donors (Lipinski definition) is 1. The van der Waals surface area contributed by atoms with Crippen LogP contribution in [0.1, 0.15) is 42.7 Å². The molecule has 1 heterocycles. The molecule has 3 rings (SSSR count). The van der Waals surface area contributed by atoms with E-state index in [1.807, 2.05) is 6.92 Å². The van der Waals surface area contributed by atoms with Gasteiger partial charge in [0.2, 0.25) is 0 Å². The third-order valence-corrected chi connectivity index (χ3v) is 4.56. The number of benzene rings is 1. The van der Waals surface area contributed by atoms with Gasteiger partial charge in [0.1, 0.15) is 5.82 Å². The minimum Gasteiger partial charge on any atom is -0.317 e. The first-order chi connectivity index (χ1) is 8.17. The highest BCUT2D eigenvalue weighted by molar-refractivity contribution is 5.29. The molecule has 0 bridgehead atoms. The zero-order valence-electron chi connectivity index (χ0n) is 10.4. The van der Waals surface area contributed by atoms with Crippen molar-refractivity contribution in [1.29, 1.82) is 0 Å². The molecule has 92 valence electrons. The van der Waals surface area contributed by atoms with Crippen LogP contribution in [-0.4, -0.2) is 13.1 Å². The molecule has 0 aromatic heterocycles. The number of halogens is 1. The number of hydrogen-bond acceptors (Lipinski definition) is 1. The smallest absolute Gasteiger partial charge is 0.123 e. The van der Waals surface area contributed by atoms with Crippen LogP contribution in [0.15, 0.2) is 18.2 Å². The molecule has 0 unspecified atom stereocenters. The van der Waals surface area contributed by atoms with Crippen molar-refractivity contribution in [3.05, 3.63) is 35.1 Å². The van der Waals surface area contributed by atoms with Crippen LogP contribution in [0.2, 0.25) is 0 Å². The first-order valence-corrected chi connectivity index (χ1v) is 6.65. The highest BCUT2D eigenvalue weighted by Gasteiger charge is 2.44. The summed E-state index contributed by atoms with van der Waals surface area (Å²) in [6, 6.07) is 5.50. The van der Waals surface area contributed by atoms with Crippen LogP contribution in [0.4, 0.5) is 4.39 Å². The minimum atomic E-state index is -0.0775. The SMILES string of the molecule is Cc1cc(F)cc(C2CC3(CCNCC3)C2)c1. The Labute approximate surface area is 102 Å². The van der Waals surface area contributed by atoms with Crippen molar-refractivity contribution < 1.29 is 4.39 Å². The summed E-state index contributed by atoms with van der Waals surface area (Å²) < 4.78 is 13.4. The highest BCUT2D eigenvalue weighted by Crippen LogP contribution is 2.55. The van der Waals surface area contributed by atoms with Gasteiger partial charge in [-0.3, -0.25) is 0 Å². The van der Waals surface area contributed by atoms with Gasteiger partial charge in [-0.25, -0.2) is 4.39 Å². The molecule has 1 saturated carbocycles. The van der Waals surface area contributed by atoms with Gasteiger partial charge in [0.15, 0.2) is 0 Å². The first-order valence-electron chi connectivity index (χ1n) is 6.65. The van der Waals surface area contributed by atoms with Gasteiger partial charge in [0, 0.05) is 0 Å². The number of piperidine rings is 1. The van der Waals surface area contributed by atoms with Crippen LogP contribution < -0.4 is 5.32 Å². The fraction of sp³-hybridized carbons (Fsp3) is 0.600. The second kappa shape index (κ2) is 4.09. The van der Waals surface area contributed by atoms with Crippen molar-refractivity contribution in [2.45, 2.75) is 38.5 Å². The molecule has 1 aromatic carbocycles. The van der Waals surface area contributed by atoms with E-state index in [2.05, 4.69) is 11.4 Å². The molecular weight excluding hydrogens is 213 g/mol. The minimum absolute atomic E-state index is 0.0775. The van der Waals surface area contributed by atoms with E-state index in [9.17, 15) is 4.39 Å². The molecule has 1 aliphatic heterocycles. The summed E-state index contributed by atoms with van der Waals surface area (Å²) in [6.45, 7) is 4.30. The van der Waals surface area contributed by atoms with Gasteiger partial charge in [0.25, 0.3) is 0 Å². The van der Waals surface area contributed by atoms with Crippen molar-refractivity contribution in [2.24, 2.45) is 5.41 Å². The zero-order valence-corrected chi connectivity index (χ0v) is 10.4. The van der Waals surface area contributed by atoms with Crippen LogP contribution in [0.25, 0.3) is 0 Å². The number of nitrogens with one attached hydrogen (secondary N) is 1. The Kier molecular flexibility index (Phi) is 2.70. The fourth-order valence-corrected chi connectivity index (χ4v) is 3.59. The van der Waals surface area contributed by atoms with Gasteiger partial charge in [-0.05, 0) is 80.3 Å². The largest absolute Gasteiger partial charge is 0.317 e. The van der Waals surface area contributed by atoms with Crippen molar-refractivity contribution in [2.75, 3.05) is 13.1 Å². The van der Waals surface area contributed by atoms with E-state index in [0.717, 1.165) is 18.7 Å². The molecule has 2 heteroatoms. The Bertz CT molecular complexity index is 393. The van der Waals surface area contributed by atoms with Crippen molar-refractivity contribution in [1.82, 2.24) is 5.32 Å². The molecule has 1 N–H and O–H groups in total. The summed E-state index contributed by atoms with van der Waals surface area (Å²) >= 11 is 0. The summed E-state index contributed by atoms with van der Waals surface area (Å²) in [4.78, 5) is 0. The first kappa shape index (κ1) is 11.2. The Hall–Kier alpha value is -0.890. The number of aryl methyl sites for hydroxylation is 1. The molecule has 2 aliphatic rings. The lowest BCUT2D eigenvalue weighted by Gasteiger charge is -2.50. The molecule has 1 aromatic rings. The zero-order chi connectivity index (χ0) is 11.9. The topological polar surface area (TPSA) is 12.0 Å². The summed E-state index contributed by atoms with van der Waals surface area (Å²) in [5, 5.41) is 3.42.